The van der Waals surface area contributed by atoms with Crippen molar-refractivity contribution < 1.29 is 18.0 Å². The van der Waals surface area contributed by atoms with Gasteiger partial charge in [0.1, 0.15) is 0 Å². The van der Waals surface area contributed by atoms with E-state index in [9.17, 15) is 18.0 Å². The summed E-state index contributed by atoms with van der Waals surface area (Å²) in [7, 11) is -2.27. The van der Waals surface area contributed by atoms with Crippen LogP contribution in [0, 0.1) is 5.92 Å². The number of piperidine rings is 1. The number of sulfonamides is 1. The third-order valence-corrected chi connectivity index (χ3v) is 8.08. The zero-order valence-electron chi connectivity index (χ0n) is 19.4. The molecule has 0 atom stereocenters. The number of hydrogen-bond donors (Lipinski definition) is 2. The Labute approximate surface area is 205 Å². The second-order valence-corrected chi connectivity index (χ2v) is 10.4. The quantitative estimate of drug-likeness (QED) is 0.524. The van der Waals surface area contributed by atoms with Crippen molar-refractivity contribution in [2.45, 2.75) is 17.7 Å². The number of para-hydroxylation sites is 3. The van der Waals surface area contributed by atoms with E-state index in [2.05, 4.69) is 10.2 Å². The smallest absolute Gasteiger partial charge is 0.264 e. The minimum absolute atomic E-state index is 0.0955. The van der Waals surface area contributed by atoms with Crippen molar-refractivity contribution in [2.75, 3.05) is 34.7 Å². The molecule has 0 radical (unpaired) electrons. The van der Waals surface area contributed by atoms with Crippen LogP contribution in [0.1, 0.15) is 23.2 Å². The van der Waals surface area contributed by atoms with E-state index >= 15 is 0 Å². The topological polar surface area (TPSA) is 113 Å². The Morgan fingerprint density at radius 1 is 0.914 bits per heavy atom. The van der Waals surface area contributed by atoms with Crippen molar-refractivity contribution in [3.05, 3.63) is 84.4 Å². The summed E-state index contributed by atoms with van der Waals surface area (Å²) in [6.45, 7) is 1.34. The summed E-state index contributed by atoms with van der Waals surface area (Å²) in [4.78, 5) is 26.6. The van der Waals surface area contributed by atoms with Crippen molar-refractivity contribution in [1.82, 2.24) is 0 Å². The molecule has 0 unspecified atom stereocenters. The Bertz CT molecular complexity index is 1300. The fourth-order valence-corrected chi connectivity index (χ4v) is 5.36. The van der Waals surface area contributed by atoms with Gasteiger partial charge in [-0.3, -0.25) is 13.9 Å². The number of anilines is 3. The lowest BCUT2D eigenvalue weighted by atomic mass is 9.96. The fraction of sp³-hybridized carbons (Fsp3) is 0.231. The lowest BCUT2D eigenvalue weighted by Gasteiger charge is -2.33. The van der Waals surface area contributed by atoms with Crippen LogP contribution in [-0.4, -0.2) is 40.4 Å². The summed E-state index contributed by atoms with van der Waals surface area (Å²) in [6.07, 6.45) is 1.34. The molecule has 1 fully saturated rings. The minimum atomic E-state index is -3.76. The lowest BCUT2D eigenvalue weighted by molar-refractivity contribution is -0.122. The number of carbonyl (C=O) groups excluding carboxylic acids is 2. The molecule has 3 N–H and O–H groups in total. The molecule has 3 aromatic carbocycles. The molecule has 0 spiro atoms. The van der Waals surface area contributed by atoms with Gasteiger partial charge >= 0.3 is 0 Å². The van der Waals surface area contributed by atoms with Gasteiger partial charge in [0.05, 0.1) is 22.0 Å². The van der Waals surface area contributed by atoms with Gasteiger partial charge in [0.2, 0.25) is 5.91 Å². The molecule has 0 aromatic heterocycles. The van der Waals surface area contributed by atoms with E-state index in [1.807, 2.05) is 30.3 Å². The van der Waals surface area contributed by atoms with Crippen molar-refractivity contribution in [3.8, 4) is 0 Å². The number of primary amides is 1. The van der Waals surface area contributed by atoms with Crippen molar-refractivity contribution in [3.63, 3.8) is 0 Å². The first-order chi connectivity index (χ1) is 16.8. The maximum Gasteiger partial charge on any atom is 0.264 e. The fourth-order valence-electron chi connectivity index (χ4n) is 4.17. The van der Waals surface area contributed by atoms with E-state index in [1.165, 1.54) is 35.6 Å². The largest absolute Gasteiger partial charge is 0.370 e. The molecule has 1 saturated heterocycles. The van der Waals surface area contributed by atoms with Crippen LogP contribution in [0.5, 0.6) is 0 Å². The normalized spacial score (nSPS) is 14.4. The van der Waals surface area contributed by atoms with Crippen molar-refractivity contribution in [2.24, 2.45) is 11.7 Å². The predicted octanol–water partition coefficient (Wildman–Crippen LogP) is 3.47. The number of hydrogen-bond acceptors (Lipinski definition) is 5. The summed E-state index contributed by atoms with van der Waals surface area (Å²) >= 11 is 0. The number of benzene rings is 3. The molecular weight excluding hydrogens is 464 g/mol. The summed E-state index contributed by atoms with van der Waals surface area (Å²) in [5.41, 5.74) is 7.85. The molecule has 1 aliphatic rings. The number of nitrogens with zero attached hydrogens (tertiary/aromatic N) is 2. The van der Waals surface area contributed by atoms with Gasteiger partial charge in [-0.25, -0.2) is 8.42 Å². The SMILES string of the molecule is CN(c1ccccc1)S(=O)(=O)c1ccc(C(=O)Nc2ccccc2N2CCC(C(N)=O)CC2)cc1. The molecule has 8 nitrogen and oxygen atoms in total. The molecule has 0 saturated carbocycles. The van der Waals surface area contributed by atoms with Crippen LogP contribution in [0.4, 0.5) is 17.1 Å². The number of amides is 2. The summed E-state index contributed by atoms with van der Waals surface area (Å²) in [5.74, 6) is -0.736. The molecule has 1 heterocycles. The van der Waals surface area contributed by atoms with Gasteiger partial charge in [0.15, 0.2) is 0 Å². The average molecular weight is 493 g/mol. The molecule has 4 rings (SSSR count). The van der Waals surface area contributed by atoms with Gasteiger partial charge in [0, 0.05) is 31.6 Å². The summed E-state index contributed by atoms with van der Waals surface area (Å²) in [6, 6.07) is 22.1. The lowest BCUT2D eigenvalue weighted by Crippen LogP contribution is -2.38. The van der Waals surface area contributed by atoms with Crippen LogP contribution in [0.25, 0.3) is 0 Å². The molecule has 3 aromatic rings. The molecule has 35 heavy (non-hydrogen) atoms. The number of nitrogens with two attached hydrogens (primary N) is 1. The van der Waals surface area contributed by atoms with Crippen molar-refractivity contribution >= 4 is 38.9 Å². The van der Waals surface area contributed by atoms with Crippen LogP contribution >= 0.6 is 0 Å². The Balaban J connectivity index is 1.48. The standard InChI is InChI=1S/C26H28N4O4S/c1-29(21-7-3-2-4-8-21)35(33,34)22-13-11-20(12-14-22)26(32)28-23-9-5-6-10-24(23)30-17-15-19(16-18-30)25(27)31/h2-14,19H,15-18H2,1H3,(H2,27,31)(H,28,32). The van der Waals surface area contributed by atoms with Crippen LogP contribution in [0.3, 0.4) is 0 Å². The van der Waals surface area contributed by atoms with E-state index in [-0.39, 0.29) is 22.6 Å². The zero-order valence-corrected chi connectivity index (χ0v) is 20.2. The second-order valence-electron chi connectivity index (χ2n) is 8.47. The Morgan fingerprint density at radius 2 is 1.51 bits per heavy atom. The first-order valence-electron chi connectivity index (χ1n) is 11.4. The summed E-state index contributed by atoms with van der Waals surface area (Å²) in [5, 5.41) is 2.93. The van der Waals surface area contributed by atoms with Crippen molar-refractivity contribution in [1.29, 1.82) is 0 Å². The zero-order chi connectivity index (χ0) is 25.0. The monoisotopic (exact) mass is 492 g/mol. The van der Waals surface area contributed by atoms with E-state index in [4.69, 9.17) is 5.73 Å². The highest BCUT2D eigenvalue weighted by molar-refractivity contribution is 7.92. The molecule has 1 aliphatic heterocycles. The van der Waals surface area contributed by atoms with E-state index in [0.29, 0.717) is 42.9 Å². The van der Waals surface area contributed by atoms with Crippen LogP contribution in [0.2, 0.25) is 0 Å². The van der Waals surface area contributed by atoms with E-state index in [1.54, 1.807) is 24.3 Å². The highest BCUT2D eigenvalue weighted by Gasteiger charge is 2.25. The van der Waals surface area contributed by atoms with Gasteiger partial charge < -0.3 is 16.0 Å². The molecular formula is C26H28N4O4S. The van der Waals surface area contributed by atoms with Crippen LogP contribution in [0.15, 0.2) is 83.8 Å². The van der Waals surface area contributed by atoms with Gasteiger partial charge in [-0.05, 0) is 61.4 Å². The van der Waals surface area contributed by atoms with Gasteiger partial charge in [-0.15, -0.1) is 0 Å². The Kier molecular flexibility index (Phi) is 7.07. The molecule has 0 aliphatic carbocycles. The number of nitrogens with one attached hydrogen (secondary N) is 1. The Morgan fingerprint density at radius 3 is 2.14 bits per heavy atom. The third-order valence-electron chi connectivity index (χ3n) is 6.28. The highest BCUT2D eigenvalue weighted by Crippen LogP contribution is 2.30. The average Bonchev–Trinajstić information content (AvgIpc) is 2.89. The molecule has 2 amide bonds. The molecule has 0 bridgehead atoms. The van der Waals surface area contributed by atoms with Crippen LogP contribution in [-0.2, 0) is 14.8 Å². The highest BCUT2D eigenvalue weighted by atomic mass is 32.2. The third kappa shape index (κ3) is 5.30. The van der Waals surface area contributed by atoms with E-state index < -0.39 is 10.0 Å². The van der Waals surface area contributed by atoms with Gasteiger partial charge in [0.25, 0.3) is 15.9 Å². The Hall–Kier alpha value is -3.85. The number of rotatable bonds is 7. The van der Waals surface area contributed by atoms with E-state index in [0.717, 1.165) is 5.69 Å². The predicted molar refractivity (Wildman–Crippen MR) is 137 cm³/mol. The molecule has 9 heteroatoms. The maximum absolute atomic E-state index is 13.0. The van der Waals surface area contributed by atoms with Gasteiger partial charge in [-0.2, -0.15) is 0 Å². The first-order valence-corrected chi connectivity index (χ1v) is 12.8. The van der Waals surface area contributed by atoms with Gasteiger partial charge in [-0.1, -0.05) is 30.3 Å². The number of carbonyl (C=O) groups is 2. The van der Waals surface area contributed by atoms with Crippen LogP contribution < -0.4 is 20.3 Å². The summed E-state index contributed by atoms with van der Waals surface area (Å²) < 4.78 is 27.2. The minimum Gasteiger partial charge on any atom is -0.370 e. The first kappa shape index (κ1) is 24.3. The maximum atomic E-state index is 13.0. The molecule has 182 valence electrons. The second kappa shape index (κ2) is 10.2.